The fraction of sp³-hybridized carbons (Fsp3) is 0.111. The minimum atomic E-state index is -1.18. The summed E-state index contributed by atoms with van der Waals surface area (Å²) in [6.07, 6.45) is 0.697. The first kappa shape index (κ1) is 17.0. The topological polar surface area (TPSA) is 65.2 Å². The summed E-state index contributed by atoms with van der Waals surface area (Å²) in [7, 11) is 0. The number of carbonyl (C=O) groups excluding carboxylic acids is 1. The second kappa shape index (κ2) is 7.40. The van der Waals surface area contributed by atoms with E-state index in [1.54, 1.807) is 0 Å². The van der Waals surface area contributed by atoms with Crippen molar-refractivity contribution in [2.24, 2.45) is 5.73 Å². The van der Waals surface area contributed by atoms with Crippen LogP contribution in [0.2, 0.25) is 0 Å². The number of thiazole rings is 1. The third kappa shape index (κ3) is 4.00. The van der Waals surface area contributed by atoms with Gasteiger partial charge in [-0.05, 0) is 17.7 Å². The average Bonchev–Trinajstić information content (AvgIpc) is 3.02. The lowest BCUT2D eigenvalue weighted by Crippen LogP contribution is -2.16. The molecular weight excluding hydrogens is 346 g/mol. The Morgan fingerprint density at radius 3 is 2.64 bits per heavy atom. The molecule has 2 aromatic carbocycles. The zero-order chi connectivity index (χ0) is 17.8. The van der Waals surface area contributed by atoms with E-state index in [2.05, 4.69) is 4.98 Å². The summed E-state index contributed by atoms with van der Waals surface area (Å²) in [5.74, 6) is -3.55. The van der Waals surface area contributed by atoms with Crippen LogP contribution in [0.5, 0.6) is 5.75 Å². The molecule has 7 heteroatoms. The second-order valence-corrected chi connectivity index (χ2v) is 6.23. The second-order valence-electron chi connectivity index (χ2n) is 5.28. The van der Waals surface area contributed by atoms with Crippen molar-refractivity contribution < 1.29 is 18.3 Å². The Hall–Kier alpha value is -2.80. The van der Waals surface area contributed by atoms with E-state index in [0.29, 0.717) is 12.1 Å². The molecule has 2 N–H and O–H groups in total. The van der Waals surface area contributed by atoms with Crippen molar-refractivity contribution in [2.75, 3.05) is 0 Å². The molecule has 0 radical (unpaired) electrons. The quantitative estimate of drug-likeness (QED) is 0.729. The number of nitrogens with two attached hydrogens (primary N) is 1. The summed E-state index contributed by atoms with van der Waals surface area (Å²) >= 11 is 1.48. The molecule has 0 spiro atoms. The van der Waals surface area contributed by atoms with Crippen molar-refractivity contribution in [3.05, 3.63) is 81.3 Å². The Morgan fingerprint density at radius 1 is 1.16 bits per heavy atom. The fourth-order valence-corrected chi connectivity index (χ4v) is 3.10. The number of hydrogen-bond donors (Lipinski definition) is 1. The van der Waals surface area contributed by atoms with Crippen LogP contribution in [0.4, 0.5) is 8.78 Å². The maximum atomic E-state index is 14.1. The van der Waals surface area contributed by atoms with Gasteiger partial charge in [0.25, 0.3) is 5.91 Å². The summed E-state index contributed by atoms with van der Waals surface area (Å²) in [6, 6.07) is 12.0. The van der Waals surface area contributed by atoms with Crippen LogP contribution >= 0.6 is 11.3 Å². The van der Waals surface area contributed by atoms with E-state index in [0.717, 1.165) is 22.7 Å². The number of carbonyl (C=O) groups is 1. The third-order valence-electron chi connectivity index (χ3n) is 3.48. The van der Waals surface area contributed by atoms with Gasteiger partial charge in [-0.25, -0.2) is 13.8 Å². The number of ether oxygens (including phenoxy) is 1. The summed E-state index contributed by atoms with van der Waals surface area (Å²) in [4.78, 5) is 15.6. The van der Waals surface area contributed by atoms with E-state index in [4.69, 9.17) is 10.5 Å². The monoisotopic (exact) mass is 360 g/mol. The number of rotatable bonds is 6. The SMILES string of the molecule is NC(=O)c1c(F)ccc(OCc2csc(Cc3ccccc3)n2)c1F. The Morgan fingerprint density at radius 2 is 1.92 bits per heavy atom. The van der Waals surface area contributed by atoms with Gasteiger partial charge in [0.15, 0.2) is 11.6 Å². The van der Waals surface area contributed by atoms with E-state index in [9.17, 15) is 13.6 Å². The highest BCUT2D eigenvalue weighted by Gasteiger charge is 2.19. The number of halogens is 2. The molecule has 1 amide bonds. The van der Waals surface area contributed by atoms with Gasteiger partial charge in [0.1, 0.15) is 18.0 Å². The largest absolute Gasteiger partial charge is 0.484 e. The minimum Gasteiger partial charge on any atom is -0.484 e. The van der Waals surface area contributed by atoms with Crippen LogP contribution in [0.15, 0.2) is 47.8 Å². The number of aromatic nitrogens is 1. The Labute approximate surface area is 146 Å². The number of benzene rings is 2. The van der Waals surface area contributed by atoms with Crippen molar-refractivity contribution in [3.63, 3.8) is 0 Å². The van der Waals surface area contributed by atoms with Crippen molar-refractivity contribution in [3.8, 4) is 5.75 Å². The van der Waals surface area contributed by atoms with Gasteiger partial charge in [0.2, 0.25) is 0 Å². The van der Waals surface area contributed by atoms with Gasteiger partial charge in [0.05, 0.1) is 10.7 Å². The molecule has 0 aliphatic carbocycles. The molecule has 0 unspecified atom stereocenters. The molecule has 1 aromatic heterocycles. The smallest absolute Gasteiger partial charge is 0.254 e. The number of hydrogen-bond acceptors (Lipinski definition) is 4. The van der Waals surface area contributed by atoms with Crippen molar-refractivity contribution in [1.82, 2.24) is 4.98 Å². The normalized spacial score (nSPS) is 10.6. The van der Waals surface area contributed by atoms with E-state index < -0.39 is 23.1 Å². The third-order valence-corrected chi connectivity index (χ3v) is 4.37. The van der Waals surface area contributed by atoms with Crippen LogP contribution in [0.1, 0.15) is 26.6 Å². The van der Waals surface area contributed by atoms with E-state index in [1.165, 1.54) is 11.3 Å². The van der Waals surface area contributed by atoms with E-state index >= 15 is 0 Å². The van der Waals surface area contributed by atoms with Crippen LogP contribution in [-0.2, 0) is 13.0 Å². The maximum absolute atomic E-state index is 14.1. The van der Waals surface area contributed by atoms with Gasteiger partial charge >= 0.3 is 0 Å². The molecule has 0 saturated heterocycles. The molecule has 4 nitrogen and oxygen atoms in total. The van der Waals surface area contributed by atoms with Gasteiger partial charge in [0, 0.05) is 11.8 Å². The lowest BCUT2D eigenvalue weighted by Gasteiger charge is -2.08. The van der Waals surface area contributed by atoms with Gasteiger partial charge in [-0.1, -0.05) is 30.3 Å². The van der Waals surface area contributed by atoms with E-state index in [-0.39, 0.29) is 12.4 Å². The molecule has 0 atom stereocenters. The lowest BCUT2D eigenvalue weighted by atomic mass is 10.1. The number of primary amides is 1. The summed E-state index contributed by atoms with van der Waals surface area (Å²) in [5, 5.41) is 2.72. The molecule has 25 heavy (non-hydrogen) atoms. The zero-order valence-corrected chi connectivity index (χ0v) is 13.9. The average molecular weight is 360 g/mol. The molecule has 0 saturated carbocycles. The van der Waals surface area contributed by atoms with Gasteiger partial charge < -0.3 is 10.5 Å². The predicted molar refractivity (Wildman–Crippen MR) is 90.6 cm³/mol. The first-order valence-corrected chi connectivity index (χ1v) is 8.30. The van der Waals surface area contributed by atoms with Crippen LogP contribution in [0.25, 0.3) is 0 Å². The highest BCUT2D eigenvalue weighted by Crippen LogP contribution is 2.24. The Kier molecular flexibility index (Phi) is 5.04. The first-order chi connectivity index (χ1) is 12.0. The van der Waals surface area contributed by atoms with Crippen molar-refractivity contribution in [2.45, 2.75) is 13.0 Å². The molecule has 0 aliphatic rings. The summed E-state index contributed by atoms with van der Waals surface area (Å²) in [5.41, 5.74) is 5.94. The molecular formula is C18H14F2N2O2S. The number of nitrogens with zero attached hydrogens (tertiary/aromatic N) is 1. The molecule has 3 aromatic rings. The zero-order valence-electron chi connectivity index (χ0n) is 13.0. The summed E-state index contributed by atoms with van der Waals surface area (Å²) in [6.45, 7) is 0.00600. The highest BCUT2D eigenvalue weighted by molar-refractivity contribution is 7.09. The molecule has 0 fully saturated rings. The van der Waals surface area contributed by atoms with Gasteiger partial charge in [-0.2, -0.15) is 0 Å². The molecule has 0 bridgehead atoms. The van der Waals surface area contributed by atoms with Crippen molar-refractivity contribution >= 4 is 17.2 Å². The fourth-order valence-electron chi connectivity index (χ4n) is 2.29. The highest BCUT2D eigenvalue weighted by atomic mass is 32.1. The van der Waals surface area contributed by atoms with E-state index in [1.807, 2.05) is 35.7 Å². The Balaban J connectivity index is 1.69. The molecule has 128 valence electrons. The predicted octanol–water partition coefficient (Wildman–Crippen LogP) is 3.69. The Bertz CT molecular complexity index is 897. The standard InChI is InChI=1S/C18H14F2N2O2S/c19-13-6-7-14(17(20)16(13)18(21)23)24-9-12-10-25-15(22-12)8-11-4-2-1-3-5-11/h1-7,10H,8-9H2,(H2,21,23). The molecule has 1 heterocycles. The summed E-state index contributed by atoms with van der Waals surface area (Å²) < 4.78 is 32.9. The van der Waals surface area contributed by atoms with Crippen LogP contribution in [0, 0.1) is 11.6 Å². The minimum absolute atomic E-state index is 0.00600. The van der Waals surface area contributed by atoms with Crippen molar-refractivity contribution in [1.29, 1.82) is 0 Å². The van der Waals surface area contributed by atoms with Crippen LogP contribution in [0.3, 0.4) is 0 Å². The first-order valence-electron chi connectivity index (χ1n) is 7.42. The number of amides is 1. The van der Waals surface area contributed by atoms with Gasteiger partial charge in [-0.15, -0.1) is 11.3 Å². The molecule has 0 aliphatic heterocycles. The van der Waals surface area contributed by atoms with Crippen LogP contribution < -0.4 is 10.5 Å². The van der Waals surface area contributed by atoms with Gasteiger partial charge in [-0.3, -0.25) is 4.79 Å². The van der Waals surface area contributed by atoms with Crippen LogP contribution in [-0.4, -0.2) is 10.9 Å². The lowest BCUT2D eigenvalue weighted by molar-refractivity contribution is 0.0991. The maximum Gasteiger partial charge on any atom is 0.254 e. The molecule has 3 rings (SSSR count).